The van der Waals surface area contributed by atoms with Crippen molar-refractivity contribution in [1.29, 1.82) is 0 Å². The van der Waals surface area contributed by atoms with E-state index in [0.29, 0.717) is 9.75 Å². The summed E-state index contributed by atoms with van der Waals surface area (Å²) in [5.41, 5.74) is 1.94. The molecule has 0 aliphatic rings. The summed E-state index contributed by atoms with van der Waals surface area (Å²) in [6.45, 7) is 0. The Morgan fingerprint density at radius 1 is 1.00 bits per heavy atom. The molecule has 0 fully saturated rings. The van der Waals surface area contributed by atoms with Crippen molar-refractivity contribution < 1.29 is 13.6 Å². The van der Waals surface area contributed by atoms with E-state index in [0.717, 1.165) is 22.1 Å². The van der Waals surface area contributed by atoms with Crippen molar-refractivity contribution in [2.24, 2.45) is 0 Å². The van der Waals surface area contributed by atoms with Gasteiger partial charge in [-0.15, -0.1) is 23.1 Å². The van der Waals surface area contributed by atoms with Crippen LogP contribution in [0.4, 0.5) is 8.78 Å². The second-order valence-electron chi connectivity index (χ2n) is 5.91. The first-order valence-corrected chi connectivity index (χ1v) is 9.90. The smallest absolute Gasteiger partial charge is 0.263 e. The van der Waals surface area contributed by atoms with Gasteiger partial charge in [-0.3, -0.25) is 4.79 Å². The van der Waals surface area contributed by atoms with Crippen LogP contribution < -0.4 is 0 Å². The lowest BCUT2D eigenvalue weighted by atomic mass is 10.0. The Hall–Kier alpha value is -2.18. The second kappa shape index (κ2) is 7.60. The lowest BCUT2D eigenvalue weighted by molar-refractivity contribution is 0.0832. The van der Waals surface area contributed by atoms with E-state index in [1.807, 2.05) is 30.5 Å². The molecule has 1 aromatic heterocycles. The van der Waals surface area contributed by atoms with Gasteiger partial charge < -0.3 is 4.90 Å². The van der Waals surface area contributed by atoms with Crippen molar-refractivity contribution >= 4 is 29.0 Å². The molecule has 1 heterocycles. The minimum atomic E-state index is -0.641. The van der Waals surface area contributed by atoms with Gasteiger partial charge >= 0.3 is 0 Å². The van der Waals surface area contributed by atoms with E-state index in [4.69, 9.17) is 0 Å². The van der Waals surface area contributed by atoms with Gasteiger partial charge in [0.15, 0.2) is 0 Å². The number of nitrogens with zero attached hydrogens (tertiary/aromatic N) is 1. The topological polar surface area (TPSA) is 20.3 Å². The molecule has 0 radical (unpaired) electrons. The first-order chi connectivity index (χ1) is 12.4. The third-order valence-electron chi connectivity index (χ3n) is 3.93. The van der Waals surface area contributed by atoms with E-state index >= 15 is 0 Å². The standard InChI is InChI=1S/C20H17F2NOS2/c1-23(2)20(24)18-11-16(12-4-7-14(25-3)8-5-12)19(26-18)15-9-6-13(21)10-17(15)22/h4-11H,1-3H3. The Labute approximate surface area is 159 Å². The molecule has 1 amide bonds. The van der Waals surface area contributed by atoms with Crippen molar-refractivity contribution in [2.75, 3.05) is 20.4 Å². The molecule has 2 aromatic carbocycles. The van der Waals surface area contributed by atoms with E-state index in [1.165, 1.54) is 28.4 Å². The highest BCUT2D eigenvalue weighted by molar-refractivity contribution is 7.98. The predicted octanol–water partition coefficient (Wildman–Crippen LogP) is 5.78. The number of benzene rings is 2. The maximum atomic E-state index is 14.4. The number of hydrogen-bond donors (Lipinski definition) is 0. The Morgan fingerprint density at radius 2 is 1.69 bits per heavy atom. The number of carbonyl (C=O) groups is 1. The molecule has 0 N–H and O–H groups in total. The molecule has 0 aliphatic carbocycles. The number of thiophene rings is 1. The van der Waals surface area contributed by atoms with Gasteiger partial charge in [0.05, 0.1) is 4.88 Å². The molecule has 6 heteroatoms. The summed E-state index contributed by atoms with van der Waals surface area (Å²) in [6.07, 6.45) is 1.99. The number of rotatable bonds is 4. The van der Waals surface area contributed by atoms with Gasteiger partial charge in [-0.05, 0) is 42.2 Å². The lowest BCUT2D eigenvalue weighted by Gasteiger charge is -2.07. The molecule has 0 aliphatic heterocycles. The average molecular weight is 389 g/mol. The first kappa shape index (κ1) is 18.6. The van der Waals surface area contributed by atoms with Crippen LogP contribution in [0.15, 0.2) is 53.4 Å². The summed E-state index contributed by atoms with van der Waals surface area (Å²) in [7, 11) is 3.35. The van der Waals surface area contributed by atoms with E-state index in [1.54, 1.807) is 31.9 Å². The largest absolute Gasteiger partial charge is 0.344 e. The normalized spacial score (nSPS) is 10.8. The van der Waals surface area contributed by atoms with Crippen LogP contribution in [-0.2, 0) is 0 Å². The van der Waals surface area contributed by atoms with Gasteiger partial charge in [-0.25, -0.2) is 8.78 Å². The fraction of sp³-hybridized carbons (Fsp3) is 0.150. The Balaban J connectivity index is 2.18. The van der Waals surface area contributed by atoms with Crippen LogP contribution >= 0.6 is 23.1 Å². The fourth-order valence-corrected chi connectivity index (χ4v) is 4.21. The van der Waals surface area contributed by atoms with Crippen LogP contribution in [0.3, 0.4) is 0 Å². The van der Waals surface area contributed by atoms with Gasteiger partial charge in [0.25, 0.3) is 5.91 Å². The quantitative estimate of drug-likeness (QED) is 0.527. The average Bonchev–Trinajstić information content (AvgIpc) is 3.06. The molecule has 0 saturated carbocycles. The molecule has 0 atom stereocenters. The number of carbonyl (C=O) groups excluding carboxylic acids is 1. The van der Waals surface area contributed by atoms with E-state index in [-0.39, 0.29) is 11.5 Å². The van der Waals surface area contributed by atoms with Crippen molar-refractivity contribution in [1.82, 2.24) is 4.90 Å². The molecule has 3 rings (SSSR count). The Kier molecular flexibility index (Phi) is 5.44. The Morgan fingerprint density at radius 3 is 2.27 bits per heavy atom. The van der Waals surface area contributed by atoms with Gasteiger partial charge in [-0.2, -0.15) is 0 Å². The van der Waals surface area contributed by atoms with Crippen LogP contribution in [0.2, 0.25) is 0 Å². The van der Waals surface area contributed by atoms with Crippen LogP contribution in [-0.4, -0.2) is 31.2 Å². The summed E-state index contributed by atoms with van der Waals surface area (Å²) >= 11 is 2.85. The number of halogens is 2. The molecule has 2 nitrogen and oxygen atoms in total. The number of hydrogen-bond acceptors (Lipinski definition) is 3. The number of thioether (sulfide) groups is 1. The van der Waals surface area contributed by atoms with Crippen LogP contribution in [0, 0.1) is 11.6 Å². The van der Waals surface area contributed by atoms with Gasteiger partial charge in [0.2, 0.25) is 0 Å². The lowest BCUT2D eigenvalue weighted by Crippen LogP contribution is -2.20. The third-order valence-corrected chi connectivity index (χ3v) is 5.83. The number of amides is 1. The molecular weight excluding hydrogens is 372 g/mol. The van der Waals surface area contributed by atoms with Crippen molar-refractivity contribution in [3.05, 3.63) is 65.0 Å². The highest BCUT2D eigenvalue weighted by atomic mass is 32.2. The monoisotopic (exact) mass is 389 g/mol. The van der Waals surface area contributed by atoms with E-state index in [2.05, 4.69) is 0 Å². The molecular formula is C20H17F2NOS2. The van der Waals surface area contributed by atoms with Gasteiger partial charge in [0.1, 0.15) is 11.6 Å². The predicted molar refractivity (Wildman–Crippen MR) is 105 cm³/mol. The van der Waals surface area contributed by atoms with Crippen molar-refractivity contribution in [3.8, 4) is 21.6 Å². The summed E-state index contributed by atoms with van der Waals surface area (Å²) in [4.78, 5) is 16.1. The zero-order chi connectivity index (χ0) is 18.8. The maximum Gasteiger partial charge on any atom is 0.263 e. The molecule has 26 heavy (non-hydrogen) atoms. The highest BCUT2D eigenvalue weighted by Crippen LogP contribution is 2.41. The zero-order valence-corrected chi connectivity index (χ0v) is 16.2. The van der Waals surface area contributed by atoms with Crippen molar-refractivity contribution in [3.63, 3.8) is 0 Å². The summed E-state index contributed by atoms with van der Waals surface area (Å²) in [5.74, 6) is -1.42. The zero-order valence-electron chi connectivity index (χ0n) is 14.5. The van der Waals surface area contributed by atoms with E-state index < -0.39 is 11.6 Å². The van der Waals surface area contributed by atoms with E-state index in [9.17, 15) is 13.6 Å². The Bertz CT molecular complexity index is 949. The molecule has 0 spiro atoms. The molecule has 134 valence electrons. The first-order valence-electron chi connectivity index (χ1n) is 7.86. The maximum absolute atomic E-state index is 14.4. The summed E-state index contributed by atoms with van der Waals surface area (Å²) < 4.78 is 27.7. The third kappa shape index (κ3) is 3.66. The fourth-order valence-electron chi connectivity index (χ4n) is 2.58. The minimum absolute atomic E-state index is 0.147. The molecule has 0 bridgehead atoms. The van der Waals surface area contributed by atoms with Crippen LogP contribution in [0.25, 0.3) is 21.6 Å². The second-order valence-corrected chi connectivity index (χ2v) is 7.84. The summed E-state index contributed by atoms with van der Waals surface area (Å²) in [5, 5.41) is 0. The van der Waals surface area contributed by atoms with Crippen molar-refractivity contribution in [2.45, 2.75) is 4.90 Å². The highest BCUT2D eigenvalue weighted by Gasteiger charge is 2.20. The molecule has 0 unspecified atom stereocenters. The van der Waals surface area contributed by atoms with Crippen LogP contribution in [0.1, 0.15) is 9.67 Å². The SMILES string of the molecule is CSc1ccc(-c2cc(C(=O)N(C)C)sc2-c2ccc(F)cc2F)cc1. The van der Waals surface area contributed by atoms with Gasteiger partial charge in [0, 0.05) is 41.1 Å². The molecule has 3 aromatic rings. The minimum Gasteiger partial charge on any atom is -0.344 e. The molecule has 0 saturated heterocycles. The van der Waals surface area contributed by atoms with Gasteiger partial charge in [-0.1, -0.05) is 12.1 Å². The summed E-state index contributed by atoms with van der Waals surface area (Å²) in [6, 6.07) is 13.1. The van der Waals surface area contributed by atoms with Crippen LogP contribution in [0.5, 0.6) is 0 Å².